The number of nitrogens with zero attached hydrogens (tertiary/aromatic N) is 1. The number of amides is 4. The highest BCUT2D eigenvalue weighted by Crippen LogP contribution is 2.21. The quantitative estimate of drug-likeness (QED) is 0.618. The van der Waals surface area contributed by atoms with Crippen molar-refractivity contribution < 1.29 is 19.2 Å². The van der Waals surface area contributed by atoms with Crippen LogP contribution in [0.5, 0.6) is 0 Å². The number of carbonyl (C=O) groups is 4. The summed E-state index contributed by atoms with van der Waals surface area (Å²) in [4.78, 5) is 49.2. The van der Waals surface area contributed by atoms with Crippen LogP contribution in [0.15, 0.2) is 24.3 Å². The van der Waals surface area contributed by atoms with Gasteiger partial charge in [-0.3, -0.25) is 19.2 Å². The maximum atomic E-state index is 12.2. The fourth-order valence-electron chi connectivity index (χ4n) is 2.74. The number of anilines is 1. The van der Waals surface area contributed by atoms with Gasteiger partial charge in [0.05, 0.1) is 6.54 Å². The molecule has 8 heteroatoms. The van der Waals surface area contributed by atoms with Gasteiger partial charge in [-0.1, -0.05) is 6.92 Å². The number of rotatable bonds is 8. The first kappa shape index (κ1) is 20.4. The van der Waals surface area contributed by atoms with Crippen LogP contribution >= 0.6 is 0 Å². The fraction of sp³-hybridized carbons (Fsp3) is 0.474. The zero-order valence-corrected chi connectivity index (χ0v) is 15.7. The Morgan fingerprint density at radius 2 is 1.85 bits per heavy atom. The molecule has 0 aromatic heterocycles. The Kier molecular flexibility index (Phi) is 7.34. The van der Waals surface area contributed by atoms with Gasteiger partial charge in [-0.25, -0.2) is 0 Å². The van der Waals surface area contributed by atoms with Gasteiger partial charge < -0.3 is 20.9 Å². The molecule has 1 aliphatic rings. The van der Waals surface area contributed by atoms with E-state index in [0.717, 1.165) is 18.5 Å². The molecule has 1 aromatic carbocycles. The molecule has 8 nitrogen and oxygen atoms in total. The summed E-state index contributed by atoms with van der Waals surface area (Å²) in [6, 6.07) is 6.01. The van der Waals surface area contributed by atoms with Gasteiger partial charge >= 0.3 is 0 Å². The third kappa shape index (κ3) is 5.80. The Hall–Kier alpha value is -2.90. The molecule has 1 heterocycles. The predicted octanol–water partition coefficient (Wildman–Crippen LogP) is 0.574. The van der Waals surface area contributed by atoms with Gasteiger partial charge in [-0.15, -0.1) is 0 Å². The van der Waals surface area contributed by atoms with E-state index in [1.165, 1.54) is 0 Å². The third-order valence-corrected chi connectivity index (χ3v) is 4.24. The highest BCUT2D eigenvalue weighted by atomic mass is 16.2. The molecular weight excluding hydrogens is 348 g/mol. The molecule has 4 amide bonds. The zero-order chi connectivity index (χ0) is 19.8. The molecule has 0 unspecified atom stereocenters. The van der Waals surface area contributed by atoms with E-state index in [4.69, 9.17) is 0 Å². The highest BCUT2D eigenvalue weighted by molar-refractivity contribution is 5.99. The second-order valence-corrected chi connectivity index (χ2v) is 6.46. The second-order valence-electron chi connectivity index (χ2n) is 6.46. The van der Waals surface area contributed by atoms with E-state index >= 15 is 0 Å². The number of nitrogens with one attached hydrogen (secondary N) is 3. The summed E-state index contributed by atoms with van der Waals surface area (Å²) in [5, 5.41) is 7.75. The average Bonchev–Trinajstić information content (AvgIpc) is 3.10. The van der Waals surface area contributed by atoms with Crippen molar-refractivity contribution in [1.82, 2.24) is 16.0 Å². The van der Waals surface area contributed by atoms with Crippen molar-refractivity contribution in [2.24, 2.45) is 0 Å². The first-order valence-electron chi connectivity index (χ1n) is 9.18. The van der Waals surface area contributed by atoms with E-state index in [1.807, 2.05) is 6.92 Å². The molecule has 0 spiro atoms. The predicted molar refractivity (Wildman–Crippen MR) is 101 cm³/mol. The Morgan fingerprint density at radius 3 is 2.44 bits per heavy atom. The molecule has 1 aromatic rings. The van der Waals surface area contributed by atoms with Crippen LogP contribution in [0.2, 0.25) is 0 Å². The molecule has 1 saturated heterocycles. The second kappa shape index (κ2) is 9.70. The maximum absolute atomic E-state index is 12.2. The van der Waals surface area contributed by atoms with Crippen LogP contribution in [0, 0.1) is 0 Å². The zero-order valence-electron chi connectivity index (χ0n) is 15.7. The first-order chi connectivity index (χ1) is 12.9. The summed E-state index contributed by atoms with van der Waals surface area (Å²) in [7, 11) is 0. The summed E-state index contributed by atoms with van der Waals surface area (Å²) in [5.74, 6) is -1.01. The summed E-state index contributed by atoms with van der Waals surface area (Å²) < 4.78 is 0. The van der Waals surface area contributed by atoms with Gasteiger partial charge in [-0.05, 0) is 44.0 Å². The van der Waals surface area contributed by atoms with Crippen LogP contribution < -0.4 is 20.9 Å². The number of benzene rings is 1. The molecule has 2 rings (SSSR count). The van der Waals surface area contributed by atoms with Crippen LogP contribution in [0.1, 0.15) is 43.5 Å². The van der Waals surface area contributed by atoms with Crippen LogP contribution in [0.3, 0.4) is 0 Å². The van der Waals surface area contributed by atoms with Crippen molar-refractivity contribution in [3.8, 4) is 0 Å². The van der Waals surface area contributed by atoms with Crippen LogP contribution in [0.25, 0.3) is 0 Å². The first-order valence-corrected chi connectivity index (χ1v) is 9.18. The Morgan fingerprint density at radius 1 is 1.15 bits per heavy atom. The molecule has 0 bridgehead atoms. The monoisotopic (exact) mass is 374 g/mol. The molecule has 27 heavy (non-hydrogen) atoms. The van der Waals surface area contributed by atoms with Crippen molar-refractivity contribution in [3.05, 3.63) is 29.8 Å². The van der Waals surface area contributed by atoms with Crippen molar-refractivity contribution in [1.29, 1.82) is 0 Å². The topological polar surface area (TPSA) is 108 Å². The molecule has 0 radical (unpaired) electrons. The standard InChI is InChI=1S/C19H26N4O4/c1-3-10-20-18(26)13(2)22-16(24)12-21-19(27)14-6-8-15(9-7-14)23-11-4-5-17(23)25/h6-9,13H,3-5,10-12H2,1-2H3,(H,20,26)(H,21,27)(H,22,24)/t13-/m1/s1. The summed E-state index contributed by atoms with van der Waals surface area (Å²) in [5.41, 5.74) is 1.16. The largest absolute Gasteiger partial charge is 0.354 e. The van der Waals surface area contributed by atoms with Gasteiger partial charge in [-0.2, -0.15) is 0 Å². The van der Waals surface area contributed by atoms with Crippen molar-refractivity contribution in [2.75, 3.05) is 24.5 Å². The van der Waals surface area contributed by atoms with Crippen LogP contribution in [-0.2, 0) is 14.4 Å². The SMILES string of the molecule is CCCNC(=O)[C@@H](C)NC(=O)CNC(=O)c1ccc(N2CCCC2=O)cc1. The molecule has 1 atom stereocenters. The normalized spacial score (nSPS) is 14.6. The highest BCUT2D eigenvalue weighted by Gasteiger charge is 2.22. The van der Waals surface area contributed by atoms with E-state index in [1.54, 1.807) is 36.1 Å². The van der Waals surface area contributed by atoms with Crippen molar-refractivity contribution >= 4 is 29.3 Å². The summed E-state index contributed by atoms with van der Waals surface area (Å²) in [6.45, 7) is 4.54. The lowest BCUT2D eigenvalue weighted by atomic mass is 10.2. The van der Waals surface area contributed by atoms with Gasteiger partial charge in [0.15, 0.2) is 0 Å². The Labute approximate surface area is 158 Å². The van der Waals surface area contributed by atoms with Gasteiger partial charge in [0.1, 0.15) is 6.04 Å². The van der Waals surface area contributed by atoms with Crippen molar-refractivity contribution in [2.45, 2.75) is 39.2 Å². The minimum absolute atomic E-state index is 0.0842. The minimum atomic E-state index is -0.668. The van der Waals surface area contributed by atoms with E-state index in [2.05, 4.69) is 16.0 Å². The summed E-state index contributed by atoms with van der Waals surface area (Å²) >= 11 is 0. The molecule has 3 N–H and O–H groups in total. The lowest BCUT2D eigenvalue weighted by molar-refractivity contribution is -0.128. The minimum Gasteiger partial charge on any atom is -0.354 e. The smallest absolute Gasteiger partial charge is 0.251 e. The van der Waals surface area contributed by atoms with E-state index in [-0.39, 0.29) is 18.4 Å². The van der Waals surface area contributed by atoms with Gasteiger partial charge in [0, 0.05) is 30.8 Å². The fourth-order valence-corrected chi connectivity index (χ4v) is 2.74. The lowest BCUT2D eigenvalue weighted by Crippen LogP contribution is -2.48. The molecule has 0 aliphatic carbocycles. The molecule has 1 aliphatic heterocycles. The Bertz CT molecular complexity index is 702. The average molecular weight is 374 g/mol. The number of hydrogen-bond acceptors (Lipinski definition) is 4. The number of hydrogen-bond donors (Lipinski definition) is 3. The van der Waals surface area contributed by atoms with Crippen molar-refractivity contribution in [3.63, 3.8) is 0 Å². The Balaban J connectivity index is 1.80. The van der Waals surface area contributed by atoms with E-state index < -0.39 is 17.9 Å². The third-order valence-electron chi connectivity index (χ3n) is 4.24. The van der Waals surface area contributed by atoms with Crippen LogP contribution in [-0.4, -0.2) is 49.3 Å². The van der Waals surface area contributed by atoms with Crippen LogP contribution in [0.4, 0.5) is 5.69 Å². The molecule has 0 saturated carbocycles. The van der Waals surface area contributed by atoms with Gasteiger partial charge in [0.2, 0.25) is 17.7 Å². The maximum Gasteiger partial charge on any atom is 0.251 e. The lowest BCUT2D eigenvalue weighted by Gasteiger charge is -2.16. The summed E-state index contributed by atoms with van der Waals surface area (Å²) in [6.07, 6.45) is 2.20. The molecular formula is C19H26N4O4. The number of carbonyl (C=O) groups excluding carboxylic acids is 4. The molecule has 146 valence electrons. The van der Waals surface area contributed by atoms with E-state index in [9.17, 15) is 19.2 Å². The molecule has 1 fully saturated rings. The van der Waals surface area contributed by atoms with Gasteiger partial charge in [0.25, 0.3) is 5.91 Å². The van der Waals surface area contributed by atoms with E-state index in [0.29, 0.717) is 25.1 Å².